The van der Waals surface area contributed by atoms with Crippen molar-refractivity contribution < 1.29 is 143 Å². The van der Waals surface area contributed by atoms with Gasteiger partial charge in [-0.25, -0.2) is 37.7 Å². The molecule has 7 aliphatic rings. The average Bonchev–Trinajstić information content (AvgIpc) is 1.10. The number of phosphoric ester groups is 1. The summed E-state index contributed by atoms with van der Waals surface area (Å²) in [7, 11) is -14.3. The maximum absolute atomic E-state index is 14.4. The number of fused-ring (bicyclic) bond motifs is 10. The number of para-hydroxylation sites is 1. The molecule has 8 aromatic rings. The number of aliphatic carboxylic acids is 2. The van der Waals surface area contributed by atoms with Gasteiger partial charge in [0.15, 0.2) is 11.6 Å². The first kappa shape index (κ1) is 109. The summed E-state index contributed by atoms with van der Waals surface area (Å²) in [5.74, 6) is -0.911. The zero-order valence-electron chi connectivity index (χ0n) is 80.7. The van der Waals surface area contributed by atoms with Crippen LogP contribution < -0.4 is 56.7 Å². The lowest BCUT2D eigenvalue weighted by Gasteiger charge is -2.39. The third-order valence-electron chi connectivity index (χ3n) is 26.1. The molecular formula is C98H116N14O30P3S2+. The second kappa shape index (κ2) is 49.1. The molecule has 49 heteroatoms. The fraction of sp³-hybridized carbons (Fsp3) is 0.469. The van der Waals surface area contributed by atoms with Gasteiger partial charge in [-0.1, -0.05) is 87.2 Å². The molecule has 44 nitrogen and oxygen atoms in total. The largest absolute Gasteiger partial charge is 0.490 e. The van der Waals surface area contributed by atoms with E-state index in [0.29, 0.717) is 51.5 Å². The zero-order chi connectivity index (χ0) is 105. The Kier molecular flexibility index (Phi) is 36.5. The van der Waals surface area contributed by atoms with Crippen LogP contribution in [-0.2, 0) is 128 Å². The first-order chi connectivity index (χ1) is 70.3. The molecule has 784 valence electrons. The van der Waals surface area contributed by atoms with Crippen molar-refractivity contribution in [2.45, 2.75) is 203 Å². The lowest BCUT2D eigenvalue weighted by molar-refractivity contribution is -0.141. The summed E-state index contributed by atoms with van der Waals surface area (Å²) in [6.07, 6.45) is 4.48. The highest BCUT2D eigenvalue weighted by Crippen LogP contribution is 2.66. The van der Waals surface area contributed by atoms with Crippen LogP contribution in [0.25, 0.3) is 39.1 Å². The standard InChI is InChI=1S/C98H115N14O30P3S2/c1-98(2,147-146-48-33-79(117)100-35-10-16-62-55-111(94-85(62)93(99)102-57-103-94)82-53-77(116)78(139-82)56-138-144(131,132)142-145(133,134)141-143(128,129)130)34-31-71(96(125)105-72(52-84(122)123)74(113)24-9-26-83(120)121)104-80(118)25-7-8-41-112-90-63-19-4-3-15-61(63)54-110(73-23-6-5-20-65(73)87(90)106-107-112)81(119)30-29-75(114)76(115)32-42-135-44-46-137-47-45-136-43-36-101-95(124)60-27-28-64(68(51-60)97(126)127)86-69-49-58-17-11-37-108-39-13-21-66(88(58)108)91(69)140-92-67-22-14-40-109-38-12-18-59(89(67)109)50-70(86)92/h3-6,15,19-20,23,27-28,49-51,55,57,71-72,77-78,82,116H,7-9,11-14,17-18,21-22,24-26,29-48,52-54,56H2,1-2H3,(H12-,99,100,101,102,103,104,105,117,118,120,121,122,123,124,125,126,127,128,129,130,131,132,133,134)/p+1. The van der Waals surface area contributed by atoms with Crippen molar-refractivity contribution in [3.8, 4) is 45.9 Å². The van der Waals surface area contributed by atoms with Gasteiger partial charge in [-0.05, 0) is 131 Å². The number of carbonyl (C=O) groups excluding carboxylic acids is 8. The van der Waals surface area contributed by atoms with E-state index in [-0.39, 0.29) is 182 Å². The number of anilines is 3. The quantitative estimate of drug-likeness (QED) is 0.00435. The Labute approximate surface area is 851 Å². The van der Waals surface area contributed by atoms with E-state index >= 15 is 0 Å². The molecule has 14 N–H and O–H groups in total. The molecule has 0 radical (unpaired) electrons. The fourth-order valence-electron chi connectivity index (χ4n) is 19.3. The van der Waals surface area contributed by atoms with Crippen LogP contribution in [0.5, 0.6) is 11.5 Å². The summed E-state index contributed by atoms with van der Waals surface area (Å²) in [5, 5.41) is 63.3. The topological polar surface area (TPSA) is 620 Å². The summed E-state index contributed by atoms with van der Waals surface area (Å²) >= 11 is 0. The van der Waals surface area contributed by atoms with Gasteiger partial charge in [-0.3, -0.25) is 52.5 Å². The third-order valence-corrected chi connectivity index (χ3v) is 33.2. The highest BCUT2D eigenvalue weighted by Gasteiger charge is 2.45. The summed E-state index contributed by atoms with van der Waals surface area (Å²) in [5.41, 5.74) is 18.8. The molecule has 15 rings (SSSR count). The van der Waals surface area contributed by atoms with Crippen molar-refractivity contribution in [2.75, 3.05) is 107 Å². The lowest BCUT2D eigenvalue weighted by Crippen LogP contribution is -2.52. The van der Waals surface area contributed by atoms with E-state index in [1.54, 1.807) is 46.0 Å². The van der Waals surface area contributed by atoms with E-state index in [1.165, 1.54) is 71.7 Å². The number of nitrogens with two attached hydrogens (primary N) is 1. The van der Waals surface area contributed by atoms with Crippen LogP contribution in [0.15, 0.2) is 91.4 Å². The number of aromatic carboxylic acids is 1. The molecule has 7 unspecified atom stereocenters. The number of ether oxygens (including phenoxy) is 5. The fourth-order valence-corrected chi connectivity index (χ4v) is 24.9. The number of carboxylic acid groups (broad SMARTS) is 3. The van der Waals surface area contributed by atoms with Gasteiger partial charge in [0.05, 0.1) is 111 Å². The van der Waals surface area contributed by atoms with Crippen molar-refractivity contribution in [2.24, 2.45) is 0 Å². The van der Waals surface area contributed by atoms with Crippen molar-refractivity contribution in [3.63, 3.8) is 0 Å². The number of aryl methyl sites for hydroxylation is 3. The van der Waals surface area contributed by atoms with Crippen molar-refractivity contribution in [1.29, 1.82) is 0 Å². The Bertz CT molecular complexity index is 6780. The van der Waals surface area contributed by atoms with Crippen LogP contribution in [0.4, 0.5) is 17.2 Å². The third kappa shape index (κ3) is 27.8. The van der Waals surface area contributed by atoms with Crippen LogP contribution in [0.1, 0.15) is 201 Å². The molecule has 10 heterocycles. The minimum Gasteiger partial charge on any atom is -0.481 e. The number of benzene rings is 5. The number of Topliss-reactive ketones (excluding diaryl/α,β-unsaturated/α-hetero) is 3. The van der Waals surface area contributed by atoms with Gasteiger partial charge in [-0.15, -0.1) is 5.10 Å². The van der Waals surface area contributed by atoms with E-state index in [0.717, 1.165) is 112 Å². The Hall–Kier alpha value is -11.8. The molecule has 147 heavy (non-hydrogen) atoms. The Morgan fingerprint density at radius 2 is 1.41 bits per heavy atom. The molecule has 0 spiro atoms. The smallest absolute Gasteiger partial charge is 0.481 e. The summed E-state index contributed by atoms with van der Waals surface area (Å²) in [4.78, 5) is 196. The van der Waals surface area contributed by atoms with Gasteiger partial charge in [0.1, 0.15) is 66.4 Å². The summed E-state index contributed by atoms with van der Waals surface area (Å²) in [6.45, 7) is 7.78. The highest BCUT2D eigenvalue weighted by atomic mass is 33.1. The van der Waals surface area contributed by atoms with Crippen LogP contribution >= 0.6 is 45.1 Å². The number of phosphoric acid groups is 3. The van der Waals surface area contributed by atoms with Crippen molar-refractivity contribution in [3.05, 3.63) is 158 Å². The number of aliphatic hydroxyl groups is 1. The molecular weight excluding hydrogens is 2010 g/mol. The minimum absolute atomic E-state index is 0.000258. The van der Waals surface area contributed by atoms with Crippen molar-refractivity contribution >= 4 is 144 Å². The first-order valence-corrected chi connectivity index (χ1v) is 55.3. The van der Waals surface area contributed by atoms with Gasteiger partial charge in [-0.2, -0.15) is 8.62 Å². The van der Waals surface area contributed by atoms with E-state index < -0.39 is 131 Å². The lowest BCUT2D eigenvalue weighted by atomic mass is 9.81. The molecule has 7 aliphatic heterocycles. The number of nitrogens with zero attached hydrogens (tertiary/aromatic N) is 9. The average molecular weight is 2130 g/mol. The van der Waals surface area contributed by atoms with Crippen LogP contribution in [0.2, 0.25) is 0 Å². The summed E-state index contributed by atoms with van der Waals surface area (Å²) < 4.78 is 82.4. The second-order valence-corrected chi connectivity index (χ2v) is 44.5. The van der Waals surface area contributed by atoms with Crippen molar-refractivity contribution in [1.82, 2.24) is 55.4 Å². The maximum Gasteiger partial charge on any atom is 0.490 e. The van der Waals surface area contributed by atoms with Gasteiger partial charge in [0.2, 0.25) is 34.8 Å². The number of rotatable bonds is 51. The number of carboxylic acids is 3. The van der Waals surface area contributed by atoms with E-state index in [2.05, 4.69) is 88.1 Å². The van der Waals surface area contributed by atoms with Gasteiger partial charge >= 0.3 is 41.4 Å². The number of carbonyl (C=O) groups is 11. The number of hydrogen-bond acceptors (Lipinski definition) is 31. The van der Waals surface area contributed by atoms with Crippen LogP contribution in [0, 0.1) is 11.8 Å². The Morgan fingerprint density at radius 1 is 0.687 bits per heavy atom. The van der Waals surface area contributed by atoms with E-state index in [9.17, 15) is 96.6 Å². The Morgan fingerprint density at radius 3 is 2.17 bits per heavy atom. The zero-order valence-corrected chi connectivity index (χ0v) is 85.1. The second-order valence-electron chi connectivity index (χ2n) is 37.0. The molecule has 3 aromatic heterocycles. The number of nitrogen functional groups attached to an aromatic ring is 1. The molecule has 5 amide bonds. The minimum atomic E-state index is -5.83. The monoisotopic (exact) mass is 2130 g/mol. The van der Waals surface area contributed by atoms with Gasteiger partial charge in [0, 0.05) is 157 Å². The van der Waals surface area contributed by atoms with E-state index in [1.807, 2.05) is 38.1 Å². The highest BCUT2D eigenvalue weighted by molar-refractivity contribution is 8.77. The number of nitrogens with one attached hydrogen (secondary N) is 4. The molecule has 5 aromatic carbocycles. The van der Waals surface area contributed by atoms with Crippen LogP contribution in [0.3, 0.4) is 0 Å². The van der Waals surface area contributed by atoms with Gasteiger partial charge in [0.25, 0.3) is 5.91 Å². The summed E-state index contributed by atoms with van der Waals surface area (Å²) in [6, 6.07) is 21.0. The number of amides is 5. The van der Waals surface area contributed by atoms with E-state index in [4.69, 9.17) is 39.2 Å². The number of hydrogen-bond donors (Lipinski definition) is 13. The number of aliphatic hydroxyl groups excluding tert-OH is 1. The predicted molar refractivity (Wildman–Crippen MR) is 535 cm³/mol. The normalized spacial score (nSPS) is 17.1. The SMILES string of the molecule is CC(C)(CCC(NC(=O)CCCCn1nnc2c1-c1ccccc1CN(C(=O)CCC(=O)C(=O)CCOCCOCCOCCNC(=O)c1ccc(C3=c4cc5c6c(c4Oc4c3cc3c7c4CCCN7CCC3)CCC[N+]=6CCC5)c(C(=O)O)c1)c1ccccc1-2)C(=O)NC(CC(=O)O)C(=O)CCCC(=O)O)SSCCC(=O)NCC#Cc1cn(C2CC(O)C(COP(=O)(O)OP(=O)(O)OP(=O)(O)O)O2)c2ncnc(N)c12. The molecule has 1 saturated heterocycles. The molecule has 0 saturated carbocycles. The molecule has 7 atom stereocenters. The molecule has 0 aliphatic carbocycles. The number of ketones is 3. The molecule has 1 fully saturated rings. The number of aromatic nitrogens is 6. The predicted octanol–water partition coefficient (Wildman–Crippen LogP) is 7.64. The van der Waals surface area contributed by atoms with Gasteiger partial charge < -0.3 is 105 Å². The number of unbranched alkanes of at least 4 members (excludes halogenated alkanes) is 1. The van der Waals surface area contributed by atoms with Crippen LogP contribution in [-0.4, -0.2) is 255 Å². The maximum atomic E-state index is 14.4. The Balaban J connectivity index is 0.486. The molecule has 0 bridgehead atoms. The first-order valence-electron chi connectivity index (χ1n) is 48.5.